The van der Waals surface area contributed by atoms with Crippen LogP contribution in [0.25, 0.3) is 90.1 Å². The van der Waals surface area contributed by atoms with E-state index in [2.05, 4.69) is 295 Å². The van der Waals surface area contributed by atoms with Crippen molar-refractivity contribution in [1.82, 2.24) is 39.9 Å². The monoisotopic (exact) mass is 2540 g/mol. The second kappa shape index (κ2) is 57.5. The second-order valence-corrected chi connectivity index (χ2v) is 58.7. The molecule has 0 amide bonds. The zero-order valence-electron chi connectivity index (χ0n) is 82.2. The molecule has 0 fully saturated rings. The number of aromatic nitrogens is 8. The third-order valence-electron chi connectivity index (χ3n) is 21.6. The van der Waals surface area contributed by atoms with Gasteiger partial charge in [-0.1, -0.05) is 243 Å². The molecule has 16 rings (SSSR count). The summed E-state index contributed by atoms with van der Waals surface area (Å²) in [5.41, 5.74) is 22.7. The summed E-state index contributed by atoms with van der Waals surface area (Å²) in [5.74, 6) is 2.44. The Morgan fingerprint density at radius 2 is 0.500 bits per heavy atom. The molecule has 0 saturated heterocycles. The minimum absolute atomic E-state index is 0. The molecule has 8 heterocycles. The molecule has 0 aliphatic carbocycles. The van der Waals surface area contributed by atoms with Gasteiger partial charge in [0.1, 0.15) is 0 Å². The summed E-state index contributed by atoms with van der Waals surface area (Å²) in [6.07, 6.45) is 19.0. The molecule has 2 atom stereocenters. The average Bonchev–Trinajstić information content (AvgIpc) is 0.819. The molecule has 0 aliphatic rings. The third-order valence-corrected chi connectivity index (χ3v) is 29.8. The minimum atomic E-state index is -1.38. The van der Waals surface area contributed by atoms with E-state index in [1.54, 1.807) is 24.8 Å². The summed E-state index contributed by atoms with van der Waals surface area (Å²) < 4.78 is 0. The van der Waals surface area contributed by atoms with Crippen molar-refractivity contribution in [3.8, 4) is 90.1 Å². The predicted octanol–water partition coefficient (Wildman–Crippen LogP) is 28.6. The number of nitrogens with zero attached hydrogens (tertiary/aromatic N) is 8. The van der Waals surface area contributed by atoms with Gasteiger partial charge in [0.25, 0.3) is 0 Å². The molecule has 0 N–H and O–H groups in total. The van der Waals surface area contributed by atoms with Gasteiger partial charge in [0, 0.05) is 130 Å². The Balaban J connectivity index is 0.000000272. The summed E-state index contributed by atoms with van der Waals surface area (Å²) >= 11 is 0. The Bertz CT molecular complexity index is 5470. The van der Waals surface area contributed by atoms with Gasteiger partial charge in [0.15, 0.2) is 0 Å². The van der Waals surface area contributed by atoms with E-state index in [1.807, 2.05) is 243 Å². The summed E-state index contributed by atoms with van der Waals surface area (Å²) in [6.45, 7) is 51.7. The molecular formula is C118H132Ir4N8Si4-8. The molecule has 134 heavy (non-hydrogen) atoms. The Kier molecular flexibility index (Phi) is 49.3. The molecule has 16 heteroatoms. The van der Waals surface area contributed by atoms with Gasteiger partial charge in [-0.15, -0.1) is 287 Å². The molecule has 0 saturated carbocycles. The predicted molar refractivity (Wildman–Crippen MR) is 564 cm³/mol. The van der Waals surface area contributed by atoms with Crippen molar-refractivity contribution in [3.05, 3.63) is 412 Å². The van der Waals surface area contributed by atoms with Gasteiger partial charge in [-0.25, -0.2) is 0 Å². The van der Waals surface area contributed by atoms with Crippen molar-refractivity contribution in [2.24, 2.45) is 17.3 Å². The quantitative estimate of drug-likeness (QED) is 0.0583. The number of pyridine rings is 8. The Hall–Kier alpha value is -9.58. The molecule has 16 aromatic rings. The van der Waals surface area contributed by atoms with Crippen LogP contribution in [0.4, 0.5) is 0 Å². The van der Waals surface area contributed by atoms with Crippen molar-refractivity contribution in [2.45, 2.75) is 179 Å². The Morgan fingerprint density at radius 3 is 0.724 bits per heavy atom. The average molecular weight is 2540 g/mol. The van der Waals surface area contributed by atoms with E-state index in [1.165, 1.54) is 49.4 Å². The molecule has 2 unspecified atom stereocenters. The van der Waals surface area contributed by atoms with Gasteiger partial charge in [0.05, 0.1) is 32.3 Å². The summed E-state index contributed by atoms with van der Waals surface area (Å²) in [7, 11) is -5.45. The first-order valence-corrected chi connectivity index (χ1v) is 59.6. The van der Waals surface area contributed by atoms with E-state index in [-0.39, 0.29) is 85.8 Å². The maximum atomic E-state index is 4.72. The van der Waals surface area contributed by atoms with Crippen molar-refractivity contribution >= 4 is 53.0 Å². The third kappa shape index (κ3) is 38.2. The smallest absolute Gasteiger partial charge is 0.0799 e. The molecule has 8 aromatic carbocycles. The largest absolute Gasteiger partial charge is 0.305 e. The summed E-state index contributed by atoms with van der Waals surface area (Å²) in [4.78, 5) is 35.7. The number of benzene rings is 8. The first kappa shape index (κ1) is 115. The van der Waals surface area contributed by atoms with Gasteiger partial charge in [-0.05, 0) is 139 Å². The summed E-state index contributed by atoms with van der Waals surface area (Å²) in [6, 6.07) is 122. The zero-order chi connectivity index (χ0) is 93.7. The molecule has 704 valence electrons. The number of hydrogen-bond donors (Lipinski definition) is 0. The molecular weight excluding hydrogens is 2410 g/mol. The zero-order valence-corrected chi connectivity index (χ0v) is 95.8. The van der Waals surface area contributed by atoms with Crippen LogP contribution in [0.3, 0.4) is 0 Å². The fraction of sp³-hybridized carbons (Fsp3) is 0.254. The van der Waals surface area contributed by atoms with Gasteiger partial charge < -0.3 is 39.9 Å². The van der Waals surface area contributed by atoms with Gasteiger partial charge in [-0.2, -0.15) is 0 Å². The van der Waals surface area contributed by atoms with E-state index >= 15 is 0 Å². The number of rotatable bonds is 19. The van der Waals surface area contributed by atoms with Crippen LogP contribution in [0, 0.1) is 65.8 Å². The maximum Gasteiger partial charge on any atom is 0.0799 e. The fourth-order valence-electron chi connectivity index (χ4n) is 14.3. The van der Waals surface area contributed by atoms with E-state index < -0.39 is 32.3 Å². The van der Waals surface area contributed by atoms with Gasteiger partial charge in [-0.3, -0.25) is 0 Å². The van der Waals surface area contributed by atoms with Crippen molar-refractivity contribution in [3.63, 3.8) is 0 Å². The summed E-state index contributed by atoms with van der Waals surface area (Å²) in [5, 5.41) is 5.96. The van der Waals surface area contributed by atoms with Crippen LogP contribution >= 0.6 is 0 Å². The fourth-order valence-corrected chi connectivity index (χ4v) is 20.7. The first-order chi connectivity index (χ1) is 62.1. The van der Waals surface area contributed by atoms with Crippen molar-refractivity contribution in [2.75, 3.05) is 0 Å². The van der Waals surface area contributed by atoms with Crippen molar-refractivity contribution < 1.29 is 80.4 Å². The van der Waals surface area contributed by atoms with E-state index in [4.69, 9.17) is 15.0 Å². The minimum Gasteiger partial charge on any atom is -0.305 e. The normalized spacial score (nSPS) is 11.3. The van der Waals surface area contributed by atoms with E-state index in [9.17, 15) is 0 Å². The molecule has 4 radical (unpaired) electrons. The molecule has 0 spiro atoms. The van der Waals surface area contributed by atoms with Crippen LogP contribution in [0.2, 0.25) is 78.6 Å². The standard InChI is InChI=1S/2C19H26NSi.2C18H24NSi.4C11H8N.4Ir/c1-19(2,3)13-16-12-17(15-10-8-7-9-11-15)20-14-18(16)21(4,5)6;1-14(2)15(3)17-12-18(16-10-8-7-9-11-16)20-13-19(17)21(4,5)6;1-14(2)11-16-12-17(15-9-7-6-8-10-15)19-13-18(16)20(3,4)5;1-6-14(2)16-12-17(15-10-8-7-9-11-15)19-13-18(16)20(3,4)5;4*1-2-6-10(7-3-1)11-8-4-5-9-12-11;;;;/h7-10,12,14H,13H2,1-6H3;7-10,12-15H,1-6H3;6-9,12-14H,11H2,1-5H3;7-10,12-14H,6H2,1-5H3;4*1-6,8-9H;;;;/q8*-1;;;;. The number of hydrogen-bond acceptors (Lipinski definition) is 8. The van der Waals surface area contributed by atoms with Gasteiger partial charge in [0.2, 0.25) is 0 Å². The molecule has 0 aliphatic heterocycles. The Morgan fingerprint density at radius 1 is 0.269 bits per heavy atom. The van der Waals surface area contributed by atoms with E-state index in [0.29, 0.717) is 23.7 Å². The van der Waals surface area contributed by atoms with Crippen LogP contribution in [-0.4, -0.2) is 72.2 Å². The van der Waals surface area contributed by atoms with Gasteiger partial charge >= 0.3 is 0 Å². The van der Waals surface area contributed by atoms with Crippen LogP contribution in [0.5, 0.6) is 0 Å². The molecule has 8 aromatic heterocycles. The SMILES string of the molecule is CC(C)(C)Cc1cc(-c2[c-]cccc2)ncc1[Si](C)(C)C.CC(C)C(C)c1cc(-c2[c-]cccc2)ncc1[Si](C)(C)C.CC(C)Cc1cc(-c2[c-]cccc2)ncc1[Si](C)(C)C.CCC(C)c1cc(-c2[c-]cccc2)ncc1[Si](C)(C)C.[Ir].[Ir].[Ir].[Ir].[c-]1ccccc1-c1ccccn1.[c-]1ccccc1-c1ccccn1.[c-]1ccccc1-c1ccccn1.[c-]1ccccc1-c1ccccn1. The first-order valence-electron chi connectivity index (χ1n) is 45.6. The maximum absolute atomic E-state index is 4.72. The van der Waals surface area contributed by atoms with Crippen LogP contribution in [-0.2, 0) is 93.3 Å². The van der Waals surface area contributed by atoms with Crippen molar-refractivity contribution in [1.29, 1.82) is 0 Å². The molecule has 8 nitrogen and oxygen atoms in total. The second-order valence-electron chi connectivity index (χ2n) is 38.5. The molecule has 0 bridgehead atoms. The van der Waals surface area contributed by atoms with Crippen LogP contribution in [0.1, 0.15) is 110 Å². The van der Waals surface area contributed by atoms with Crippen LogP contribution < -0.4 is 20.7 Å². The van der Waals surface area contributed by atoms with Crippen LogP contribution in [0.15, 0.2) is 341 Å². The van der Waals surface area contributed by atoms with E-state index in [0.717, 1.165) is 103 Å². The Labute approximate surface area is 862 Å². The topological polar surface area (TPSA) is 103 Å².